The van der Waals surface area contributed by atoms with Crippen molar-refractivity contribution in [1.82, 2.24) is 19.9 Å². The van der Waals surface area contributed by atoms with Gasteiger partial charge in [0, 0.05) is 60.3 Å². The lowest BCUT2D eigenvalue weighted by molar-refractivity contribution is -0.118. The Labute approximate surface area is 220 Å². The molecule has 0 aliphatic carbocycles. The molecule has 9 heteroatoms. The summed E-state index contributed by atoms with van der Waals surface area (Å²) < 4.78 is 19.2. The van der Waals surface area contributed by atoms with E-state index in [1.165, 1.54) is 18.5 Å². The molecule has 0 atom stereocenters. The summed E-state index contributed by atoms with van der Waals surface area (Å²) in [7, 11) is 1.64. The fraction of sp³-hybridized carbons (Fsp3) is 0.357. The predicted octanol–water partition coefficient (Wildman–Crippen LogP) is 6.96. The Kier molecular flexibility index (Phi) is 9.06. The minimum Gasteiger partial charge on any atom is -0.496 e. The number of nitrogens with zero attached hydrogens (tertiary/aromatic N) is 3. The molecule has 0 amide bonds. The average molecular weight is 524 g/mol. The first-order valence-electron chi connectivity index (χ1n) is 12.5. The summed E-state index contributed by atoms with van der Waals surface area (Å²) >= 11 is 5.94. The Balaban J connectivity index is 1.45. The number of Topliss-reactive ketones (excluding diaryl/α,β-unsaturated/α-hetero) is 1. The summed E-state index contributed by atoms with van der Waals surface area (Å²) in [6.45, 7) is 1.91. The lowest BCUT2D eigenvalue weighted by Crippen LogP contribution is -2.00. The fourth-order valence-electron chi connectivity index (χ4n) is 4.24. The van der Waals surface area contributed by atoms with Crippen molar-refractivity contribution in [2.45, 2.75) is 58.3 Å². The average Bonchev–Trinajstić information content (AvgIpc) is 3.35. The highest BCUT2D eigenvalue weighted by molar-refractivity contribution is 6.31. The van der Waals surface area contributed by atoms with Gasteiger partial charge in [0.05, 0.1) is 17.6 Å². The minimum absolute atomic E-state index is 0.0346. The van der Waals surface area contributed by atoms with E-state index < -0.39 is 5.82 Å². The molecule has 0 bridgehead atoms. The van der Waals surface area contributed by atoms with Gasteiger partial charge in [0.15, 0.2) is 0 Å². The van der Waals surface area contributed by atoms with Crippen LogP contribution in [0, 0.1) is 5.82 Å². The Hall–Kier alpha value is -3.52. The maximum absolute atomic E-state index is 13.6. The molecular weight excluding hydrogens is 493 g/mol. The zero-order valence-corrected chi connectivity index (χ0v) is 21.9. The summed E-state index contributed by atoms with van der Waals surface area (Å²) in [5, 5.41) is 4.05. The van der Waals surface area contributed by atoms with Crippen LogP contribution < -0.4 is 10.1 Å². The van der Waals surface area contributed by atoms with Crippen LogP contribution >= 0.6 is 11.6 Å². The molecule has 2 heterocycles. The van der Waals surface area contributed by atoms with E-state index in [1.807, 2.05) is 25.3 Å². The van der Waals surface area contributed by atoms with Crippen molar-refractivity contribution in [2.24, 2.45) is 0 Å². The monoisotopic (exact) mass is 523 g/mol. The second kappa shape index (κ2) is 12.6. The Bertz CT molecular complexity index is 1370. The van der Waals surface area contributed by atoms with Crippen molar-refractivity contribution in [2.75, 3.05) is 12.4 Å². The largest absolute Gasteiger partial charge is 0.496 e. The summed E-state index contributed by atoms with van der Waals surface area (Å²) in [5.41, 5.74) is 3.29. The van der Waals surface area contributed by atoms with E-state index in [9.17, 15) is 9.18 Å². The molecule has 0 saturated carbocycles. The second-order valence-electron chi connectivity index (χ2n) is 9.00. The molecule has 4 rings (SSSR count). The molecule has 2 N–H and O–H groups in total. The zero-order chi connectivity index (χ0) is 26.2. The topological polar surface area (TPSA) is 92.8 Å². The number of nitrogens with one attached hydrogen (secondary N) is 2. The highest BCUT2D eigenvalue weighted by Crippen LogP contribution is 2.31. The first kappa shape index (κ1) is 26.5. The summed E-state index contributed by atoms with van der Waals surface area (Å²) in [6.07, 6.45) is 10.3. The summed E-state index contributed by atoms with van der Waals surface area (Å²) in [5.74, 6) is 2.13. The molecular formula is C28H31ClFN5O2. The molecule has 37 heavy (non-hydrogen) atoms. The number of hydrogen-bond acceptors (Lipinski definition) is 6. The number of imidazole rings is 1. The molecule has 0 spiro atoms. The molecule has 0 radical (unpaired) electrons. The molecule has 0 saturated heterocycles. The number of H-pyrrole nitrogens is 1. The van der Waals surface area contributed by atoms with Crippen molar-refractivity contribution in [3.63, 3.8) is 0 Å². The number of halogens is 2. The smallest absolute Gasteiger partial charge is 0.141 e. The molecule has 2 aromatic carbocycles. The number of ether oxygens (including phenoxy) is 1. The first-order valence-corrected chi connectivity index (χ1v) is 12.9. The van der Waals surface area contributed by atoms with Crippen LogP contribution in [0.15, 0.2) is 42.9 Å². The van der Waals surface area contributed by atoms with Gasteiger partial charge in [0.2, 0.25) is 0 Å². The number of hydrogen-bond donors (Lipinski definition) is 2. The molecule has 194 valence electrons. The van der Waals surface area contributed by atoms with Crippen molar-refractivity contribution in [1.29, 1.82) is 0 Å². The van der Waals surface area contributed by atoms with Crippen LogP contribution in [-0.4, -0.2) is 32.8 Å². The van der Waals surface area contributed by atoms with E-state index in [0.717, 1.165) is 65.8 Å². The fourth-order valence-corrected chi connectivity index (χ4v) is 4.42. The van der Waals surface area contributed by atoms with Crippen LogP contribution in [0.3, 0.4) is 0 Å². The van der Waals surface area contributed by atoms with E-state index in [1.54, 1.807) is 13.2 Å². The molecule has 2 aromatic heterocycles. The van der Waals surface area contributed by atoms with E-state index in [-0.39, 0.29) is 5.02 Å². The quantitative estimate of drug-likeness (QED) is 0.184. The van der Waals surface area contributed by atoms with E-state index in [4.69, 9.17) is 16.3 Å². The number of rotatable bonds is 13. The molecule has 0 aliphatic rings. The van der Waals surface area contributed by atoms with Crippen molar-refractivity contribution in [3.8, 4) is 5.75 Å². The first-order chi connectivity index (χ1) is 18.0. The van der Waals surface area contributed by atoms with Crippen LogP contribution in [0.5, 0.6) is 5.75 Å². The number of ketones is 1. The molecule has 4 aromatic rings. The maximum atomic E-state index is 13.6. The van der Waals surface area contributed by atoms with E-state index >= 15 is 0 Å². The van der Waals surface area contributed by atoms with Gasteiger partial charge in [-0.2, -0.15) is 0 Å². The molecule has 0 unspecified atom stereocenters. The number of unbranched alkanes of at least 4 members (excludes halogenated alkanes) is 3. The normalized spacial score (nSPS) is 11.1. The highest BCUT2D eigenvalue weighted by atomic mass is 35.5. The van der Waals surface area contributed by atoms with Gasteiger partial charge >= 0.3 is 0 Å². The van der Waals surface area contributed by atoms with Crippen LogP contribution in [0.1, 0.15) is 62.5 Å². The minimum atomic E-state index is -0.478. The van der Waals surface area contributed by atoms with E-state index in [2.05, 4.69) is 25.3 Å². The number of aromatic amines is 1. The van der Waals surface area contributed by atoms with Gasteiger partial charge in [0.25, 0.3) is 0 Å². The van der Waals surface area contributed by atoms with Crippen LogP contribution in [0.4, 0.5) is 15.9 Å². The van der Waals surface area contributed by atoms with Gasteiger partial charge in [-0.1, -0.05) is 31.4 Å². The number of benzene rings is 2. The predicted molar refractivity (Wildman–Crippen MR) is 144 cm³/mol. The molecule has 0 fully saturated rings. The lowest BCUT2D eigenvalue weighted by Gasteiger charge is -2.13. The number of anilines is 2. The molecule has 0 aliphatic heterocycles. The highest BCUT2D eigenvalue weighted by Gasteiger charge is 2.13. The third-order valence-electron chi connectivity index (χ3n) is 6.30. The zero-order valence-electron chi connectivity index (χ0n) is 21.1. The van der Waals surface area contributed by atoms with Crippen molar-refractivity contribution < 1.29 is 13.9 Å². The van der Waals surface area contributed by atoms with Gasteiger partial charge in [-0.05, 0) is 37.1 Å². The number of aromatic nitrogens is 4. The Morgan fingerprint density at radius 1 is 1.11 bits per heavy atom. The number of aryl methyl sites for hydroxylation is 1. The standard InChI is InChI=1S/C28H31ClFN5O2/c1-3-21(36)8-6-4-5-7-9-27-31-16-20(34-27)12-18-13-22-25(15-26(18)37-2)32-17-33-28(22)35-19-10-11-24(30)23(29)14-19/h10-11,13-17H,3-9,12H2,1-2H3,(H,31,34)(H,32,33,35). The van der Waals surface area contributed by atoms with Gasteiger partial charge < -0.3 is 15.0 Å². The summed E-state index contributed by atoms with van der Waals surface area (Å²) in [4.78, 5) is 28.2. The van der Waals surface area contributed by atoms with Crippen LogP contribution in [0.2, 0.25) is 5.02 Å². The second-order valence-corrected chi connectivity index (χ2v) is 9.40. The van der Waals surface area contributed by atoms with Gasteiger partial charge in [0.1, 0.15) is 35.3 Å². The van der Waals surface area contributed by atoms with Gasteiger partial charge in [-0.15, -0.1) is 0 Å². The number of carbonyl (C=O) groups excluding carboxylic acids is 1. The number of carbonyl (C=O) groups is 1. The Morgan fingerprint density at radius 2 is 1.95 bits per heavy atom. The molecule has 7 nitrogen and oxygen atoms in total. The number of fused-ring (bicyclic) bond motifs is 1. The third-order valence-corrected chi connectivity index (χ3v) is 6.59. The van der Waals surface area contributed by atoms with E-state index in [0.29, 0.717) is 36.6 Å². The van der Waals surface area contributed by atoms with Crippen LogP contribution in [-0.2, 0) is 17.6 Å². The SMILES string of the molecule is CCC(=O)CCCCCCc1ncc(Cc2cc3c(Nc4ccc(F)c(Cl)c4)ncnc3cc2OC)[nH]1. The van der Waals surface area contributed by atoms with Gasteiger partial charge in [-0.3, -0.25) is 4.79 Å². The van der Waals surface area contributed by atoms with Crippen LogP contribution in [0.25, 0.3) is 10.9 Å². The van der Waals surface area contributed by atoms with Crippen molar-refractivity contribution in [3.05, 3.63) is 70.8 Å². The van der Waals surface area contributed by atoms with Crippen molar-refractivity contribution >= 4 is 39.8 Å². The summed E-state index contributed by atoms with van der Waals surface area (Å²) in [6, 6.07) is 8.32. The maximum Gasteiger partial charge on any atom is 0.141 e. The van der Waals surface area contributed by atoms with Gasteiger partial charge in [-0.25, -0.2) is 19.3 Å². The Morgan fingerprint density at radius 3 is 2.73 bits per heavy atom. The third kappa shape index (κ3) is 7.04. The lowest BCUT2D eigenvalue weighted by atomic mass is 10.1. The number of methoxy groups -OCH3 is 1.